The highest BCUT2D eigenvalue weighted by Crippen LogP contribution is 2.30. The highest BCUT2D eigenvalue weighted by molar-refractivity contribution is 5.99. The van der Waals surface area contributed by atoms with Crippen molar-refractivity contribution in [3.63, 3.8) is 0 Å². The predicted octanol–water partition coefficient (Wildman–Crippen LogP) is 4.63. The average molecular weight is 478 g/mol. The maximum atomic E-state index is 13.3. The SMILES string of the molecule is CC(C)(C)NC(=O)C(C)(C)c1ccc(C(=O)NC2(C(=O)NCc3ccccc3)CCCCC2)cc1. The van der Waals surface area contributed by atoms with Crippen LogP contribution in [-0.4, -0.2) is 28.8 Å². The third-order valence-electron chi connectivity index (χ3n) is 6.72. The van der Waals surface area contributed by atoms with E-state index in [9.17, 15) is 14.4 Å². The van der Waals surface area contributed by atoms with Gasteiger partial charge in [0.25, 0.3) is 5.91 Å². The number of hydrogen-bond acceptors (Lipinski definition) is 3. The molecular weight excluding hydrogens is 438 g/mol. The van der Waals surface area contributed by atoms with Gasteiger partial charge in [-0.05, 0) is 70.7 Å². The van der Waals surface area contributed by atoms with Crippen molar-refractivity contribution in [3.8, 4) is 0 Å². The minimum absolute atomic E-state index is 0.0709. The standard InChI is InChI=1S/C29H39N3O3/c1-27(2,3)32-25(34)28(4,5)23-16-14-22(15-17-23)24(33)31-29(18-10-7-11-19-29)26(35)30-20-21-12-8-6-9-13-21/h6,8-9,12-17H,7,10-11,18-20H2,1-5H3,(H,30,35)(H,31,33)(H,32,34). The summed E-state index contributed by atoms with van der Waals surface area (Å²) in [6.45, 7) is 10.0. The molecule has 3 N–H and O–H groups in total. The van der Waals surface area contributed by atoms with Crippen LogP contribution in [0.3, 0.4) is 0 Å². The number of carbonyl (C=O) groups is 3. The number of nitrogens with one attached hydrogen (secondary N) is 3. The Morgan fingerprint density at radius 1 is 0.829 bits per heavy atom. The van der Waals surface area contributed by atoms with Gasteiger partial charge >= 0.3 is 0 Å². The lowest BCUT2D eigenvalue weighted by atomic mass is 9.80. The van der Waals surface area contributed by atoms with E-state index in [4.69, 9.17) is 0 Å². The summed E-state index contributed by atoms with van der Waals surface area (Å²) in [5.41, 5.74) is 0.333. The summed E-state index contributed by atoms with van der Waals surface area (Å²) in [6, 6.07) is 16.9. The van der Waals surface area contributed by atoms with E-state index in [-0.39, 0.29) is 23.3 Å². The van der Waals surface area contributed by atoms with E-state index in [1.54, 1.807) is 12.1 Å². The molecule has 1 aliphatic rings. The Bertz CT molecular complexity index is 1030. The van der Waals surface area contributed by atoms with Gasteiger partial charge in [0.05, 0.1) is 5.41 Å². The highest BCUT2D eigenvalue weighted by atomic mass is 16.2. The predicted molar refractivity (Wildman–Crippen MR) is 139 cm³/mol. The van der Waals surface area contributed by atoms with E-state index in [0.29, 0.717) is 24.9 Å². The molecule has 2 aromatic carbocycles. The van der Waals surface area contributed by atoms with Gasteiger partial charge < -0.3 is 16.0 Å². The van der Waals surface area contributed by atoms with Crippen LogP contribution in [0.5, 0.6) is 0 Å². The Morgan fingerprint density at radius 2 is 1.43 bits per heavy atom. The lowest BCUT2D eigenvalue weighted by molar-refractivity contribution is -0.129. The van der Waals surface area contributed by atoms with Crippen molar-refractivity contribution in [2.24, 2.45) is 0 Å². The van der Waals surface area contributed by atoms with Gasteiger partial charge in [0.1, 0.15) is 5.54 Å². The maximum Gasteiger partial charge on any atom is 0.252 e. The van der Waals surface area contributed by atoms with E-state index in [2.05, 4.69) is 16.0 Å². The first-order chi connectivity index (χ1) is 16.4. The molecule has 1 aliphatic carbocycles. The normalized spacial score (nSPS) is 15.7. The Labute approximate surface area is 209 Å². The molecule has 0 spiro atoms. The van der Waals surface area contributed by atoms with Crippen LogP contribution in [-0.2, 0) is 21.5 Å². The van der Waals surface area contributed by atoms with Crippen LogP contribution < -0.4 is 16.0 Å². The Kier molecular flexibility index (Phi) is 8.04. The second kappa shape index (κ2) is 10.6. The summed E-state index contributed by atoms with van der Waals surface area (Å²) in [4.78, 5) is 39.3. The quantitative estimate of drug-likeness (QED) is 0.543. The lowest BCUT2D eigenvalue weighted by Crippen LogP contribution is -2.59. The molecule has 0 bridgehead atoms. The molecule has 0 heterocycles. The molecule has 0 aliphatic heterocycles. The van der Waals surface area contributed by atoms with E-state index in [1.165, 1.54) is 0 Å². The van der Waals surface area contributed by atoms with Crippen LogP contribution in [0.25, 0.3) is 0 Å². The summed E-state index contributed by atoms with van der Waals surface area (Å²) in [6.07, 6.45) is 4.10. The minimum Gasteiger partial charge on any atom is -0.351 e. The number of hydrogen-bond donors (Lipinski definition) is 3. The van der Waals surface area contributed by atoms with Gasteiger partial charge in [-0.15, -0.1) is 0 Å². The van der Waals surface area contributed by atoms with Crippen LogP contribution in [0.2, 0.25) is 0 Å². The van der Waals surface area contributed by atoms with Crippen LogP contribution in [0.4, 0.5) is 0 Å². The van der Waals surface area contributed by atoms with E-state index in [1.807, 2.05) is 77.1 Å². The van der Waals surface area contributed by atoms with Crippen molar-refractivity contribution in [1.29, 1.82) is 0 Å². The highest BCUT2D eigenvalue weighted by Gasteiger charge is 2.41. The van der Waals surface area contributed by atoms with E-state index >= 15 is 0 Å². The topological polar surface area (TPSA) is 87.3 Å². The van der Waals surface area contributed by atoms with Gasteiger partial charge in [0.15, 0.2) is 0 Å². The van der Waals surface area contributed by atoms with Crippen molar-refractivity contribution in [3.05, 3.63) is 71.3 Å². The van der Waals surface area contributed by atoms with Crippen LogP contribution in [0, 0.1) is 0 Å². The molecular formula is C29H39N3O3. The van der Waals surface area contributed by atoms with Gasteiger partial charge in [0.2, 0.25) is 11.8 Å². The molecule has 3 rings (SSSR count). The van der Waals surface area contributed by atoms with Crippen molar-refractivity contribution in [2.75, 3.05) is 0 Å². The third kappa shape index (κ3) is 6.71. The first kappa shape index (κ1) is 26.5. The van der Waals surface area contributed by atoms with Crippen molar-refractivity contribution in [1.82, 2.24) is 16.0 Å². The van der Waals surface area contributed by atoms with Crippen molar-refractivity contribution in [2.45, 2.75) is 89.8 Å². The number of benzene rings is 2. The number of carbonyl (C=O) groups excluding carboxylic acids is 3. The zero-order chi connectivity index (χ0) is 25.7. The van der Waals surface area contributed by atoms with Gasteiger partial charge in [-0.25, -0.2) is 0 Å². The molecule has 188 valence electrons. The fourth-order valence-electron chi connectivity index (χ4n) is 4.47. The lowest BCUT2D eigenvalue weighted by Gasteiger charge is -2.36. The molecule has 0 unspecified atom stereocenters. The van der Waals surface area contributed by atoms with Gasteiger partial charge in [-0.2, -0.15) is 0 Å². The van der Waals surface area contributed by atoms with Crippen LogP contribution in [0.15, 0.2) is 54.6 Å². The van der Waals surface area contributed by atoms with Crippen LogP contribution >= 0.6 is 0 Å². The number of rotatable bonds is 7. The molecule has 6 heteroatoms. The van der Waals surface area contributed by atoms with Gasteiger partial charge in [0, 0.05) is 17.6 Å². The maximum absolute atomic E-state index is 13.3. The fourth-order valence-corrected chi connectivity index (χ4v) is 4.47. The largest absolute Gasteiger partial charge is 0.351 e. The molecule has 2 aromatic rings. The van der Waals surface area contributed by atoms with Gasteiger partial charge in [-0.3, -0.25) is 14.4 Å². The Morgan fingerprint density at radius 3 is 2.00 bits per heavy atom. The second-order valence-electron chi connectivity index (χ2n) is 11.2. The van der Waals surface area contributed by atoms with E-state index in [0.717, 1.165) is 30.4 Å². The molecule has 0 aromatic heterocycles. The summed E-state index contributed by atoms with van der Waals surface area (Å²) >= 11 is 0. The molecule has 1 fully saturated rings. The minimum atomic E-state index is -0.908. The Balaban J connectivity index is 1.72. The first-order valence-corrected chi connectivity index (χ1v) is 12.5. The smallest absolute Gasteiger partial charge is 0.252 e. The zero-order valence-electron chi connectivity index (χ0n) is 21.7. The molecule has 0 saturated heterocycles. The summed E-state index contributed by atoms with van der Waals surface area (Å²) < 4.78 is 0. The van der Waals surface area contributed by atoms with Gasteiger partial charge in [-0.1, -0.05) is 61.7 Å². The van der Waals surface area contributed by atoms with Crippen molar-refractivity contribution >= 4 is 17.7 Å². The molecule has 35 heavy (non-hydrogen) atoms. The third-order valence-corrected chi connectivity index (χ3v) is 6.72. The Hall–Kier alpha value is -3.15. The van der Waals surface area contributed by atoms with Crippen LogP contribution in [0.1, 0.15) is 88.2 Å². The first-order valence-electron chi connectivity index (χ1n) is 12.5. The molecule has 6 nitrogen and oxygen atoms in total. The number of amides is 3. The molecule has 0 atom stereocenters. The monoisotopic (exact) mass is 477 g/mol. The molecule has 1 saturated carbocycles. The fraction of sp³-hybridized carbons (Fsp3) is 0.483. The van der Waals surface area contributed by atoms with E-state index < -0.39 is 11.0 Å². The van der Waals surface area contributed by atoms with Crippen molar-refractivity contribution < 1.29 is 14.4 Å². The molecule has 0 radical (unpaired) electrons. The average Bonchev–Trinajstić information content (AvgIpc) is 2.82. The summed E-state index contributed by atoms with van der Waals surface area (Å²) in [5, 5.41) is 9.12. The summed E-state index contributed by atoms with van der Waals surface area (Å²) in [5.74, 6) is -0.477. The zero-order valence-corrected chi connectivity index (χ0v) is 21.7. The second-order valence-corrected chi connectivity index (χ2v) is 11.2. The summed E-state index contributed by atoms with van der Waals surface area (Å²) in [7, 11) is 0. The molecule has 3 amide bonds.